The van der Waals surface area contributed by atoms with E-state index in [1.807, 2.05) is 18.9 Å². The van der Waals surface area contributed by atoms with Crippen molar-refractivity contribution in [2.75, 3.05) is 27.7 Å². The van der Waals surface area contributed by atoms with Crippen LogP contribution in [0.5, 0.6) is 0 Å². The molecular formula is C17H26ClFN4O. The summed E-state index contributed by atoms with van der Waals surface area (Å²) in [7, 11) is 5.24. The number of likely N-dealkylation sites (N-methyl/N-ethyl adjacent to an activating group) is 1. The van der Waals surface area contributed by atoms with Gasteiger partial charge in [-0.25, -0.2) is 9.38 Å². The lowest BCUT2D eigenvalue weighted by Crippen LogP contribution is -2.43. The van der Waals surface area contributed by atoms with Gasteiger partial charge in [-0.2, -0.15) is 0 Å². The predicted molar refractivity (Wildman–Crippen MR) is 96.8 cm³/mol. The summed E-state index contributed by atoms with van der Waals surface area (Å²) in [6, 6.07) is 4.93. The molecule has 0 heterocycles. The maximum absolute atomic E-state index is 13.6. The van der Waals surface area contributed by atoms with Crippen molar-refractivity contribution in [1.82, 2.24) is 15.1 Å². The summed E-state index contributed by atoms with van der Waals surface area (Å²) in [4.78, 5) is 19.5. The fourth-order valence-corrected chi connectivity index (χ4v) is 1.99. The number of guanidine groups is 1. The van der Waals surface area contributed by atoms with Crippen molar-refractivity contribution in [1.29, 1.82) is 0 Å². The first kappa shape index (κ1) is 20.2. The monoisotopic (exact) mass is 356 g/mol. The number of hydrogen-bond donors (Lipinski definition) is 1. The van der Waals surface area contributed by atoms with Gasteiger partial charge in [0, 0.05) is 33.7 Å². The van der Waals surface area contributed by atoms with Crippen LogP contribution in [0.4, 0.5) is 4.39 Å². The third kappa shape index (κ3) is 6.35. The number of carbonyl (C=O) groups excluding carboxylic acids is 1. The van der Waals surface area contributed by atoms with E-state index in [-0.39, 0.29) is 23.5 Å². The summed E-state index contributed by atoms with van der Waals surface area (Å²) in [6.45, 7) is 4.62. The van der Waals surface area contributed by atoms with Crippen molar-refractivity contribution < 1.29 is 9.18 Å². The molecule has 134 valence electrons. The van der Waals surface area contributed by atoms with E-state index in [2.05, 4.69) is 17.2 Å². The van der Waals surface area contributed by atoms with Gasteiger partial charge in [-0.3, -0.25) is 4.79 Å². The van der Waals surface area contributed by atoms with E-state index in [4.69, 9.17) is 11.6 Å². The van der Waals surface area contributed by atoms with Crippen molar-refractivity contribution in [3.8, 4) is 0 Å². The Morgan fingerprint density at radius 3 is 2.58 bits per heavy atom. The number of hydrogen-bond acceptors (Lipinski definition) is 2. The lowest BCUT2D eigenvalue weighted by molar-refractivity contribution is -0.127. The minimum atomic E-state index is -0.446. The van der Waals surface area contributed by atoms with E-state index in [9.17, 15) is 9.18 Å². The molecule has 0 fully saturated rings. The maximum atomic E-state index is 13.6. The Morgan fingerprint density at radius 2 is 2.04 bits per heavy atom. The van der Waals surface area contributed by atoms with Crippen molar-refractivity contribution in [3.05, 3.63) is 34.6 Å². The molecule has 0 aliphatic rings. The lowest BCUT2D eigenvalue weighted by Gasteiger charge is -2.25. The van der Waals surface area contributed by atoms with Gasteiger partial charge in [0.1, 0.15) is 12.4 Å². The zero-order chi connectivity index (χ0) is 18.3. The Hall–Kier alpha value is -1.82. The molecular weight excluding hydrogens is 331 g/mol. The van der Waals surface area contributed by atoms with Gasteiger partial charge in [-0.15, -0.1) is 0 Å². The molecule has 7 heteroatoms. The second-order valence-corrected chi connectivity index (χ2v) is 6.39. The zero-order valence-corrected chi connectivity index (χ0v) is 15.7. The van der Waals surface area contributed by atoms with E-state index >= 15 is 0 Å². The summed E-state index contributed by atoms with van der Waals surface area (Å²) in [5, 5.41) is 3.39. The summed E-state index contributed by atoms with van der Waals surface area (Å²) in [5.74, 6) is 0.0815. The van der Waals surface area contributed by atoms with E-state index in [0.29, 0.717) is 12.5 Å². The minimum Gasteiger partial charge on any atom is -0.354 e. The third-order valence-corrected chi connectivity index (χ3v) is 3.92. The van der Waals surface area contributed by atoms with Gasteiger partial charge >= 0.3 is 0 Å². The van der Waals surface area contributed by atoms with E-state index in [1.54, 1.807) is 20.2 Å². The molecule has 1 aromatic carbocycles. The number of amides is 1. The van der Waals surface area contributed by atoms with Crippen LogP contribution in [0.1, 0.15) is 25.8 Å². The first-order chi connectivity index (χ1) is 11.2. The second-order valence-electron chi connectivity index (χ2n) is 5.99. The molecule has 1 aromatic rings. The van der Waals surface area contributed by atoms with Gasteiger partial charge in [0.05, 0.1) is 5.02 Å². The molecule has 0 aliphatic carbocycles. The Morgan fingerprint density at radius 1 is 1.38 bits per heavy atom. The van der Waals surface area contributed by atoms with Crippen molar-refractivity contribution >= 4 is 23.5 Å². The molecule has 0 bridgehead atoms. The summed E-state index contributed by atoms with van der Waals surface area (Å²) >= 11 is 5.71. The normalized spacial score (nSPS) is 12.7. The molecule has 0 spiro atoms. The molecule has 0 saturated carbocycles. The predicted octanol–water partition coefficient (Wildman–Crippen LogP) is 2.74. The Bertz CT molecular complexity index is 592. The summed E-state index contributed by atoms with van der Waals surface area (Å²) < 4.78 is 13.6. The summed E-state index contributed by atoms with van der Waals surface area (Å²) in [6.07, 6.45) is 0.921. The van der Waals surface area contributed by atoms with Crippen LogP contribution in [-0.2, 0) is 11.3 Å². The van der Waals surface area contributed by atoms with Crippen LogP contribution >= 0.6 is 11.6 Å². The highest BCUT2D eigenvalue weighted by Gasteiger charge is 2.12. The molecule has 0 saturated heterocycles. The average molecular weight is 357 g/mol. The fourth-order valence-electron chi connectivity index (χ4n) is 1.87. The van der Waals surface area contributed by atoms with Crippen LogP contribution in [0, 0.1) is 5.82 Å². The van der Waals surface area contributed by atoms with E-state index in [0.717, 1.165) is 12.0 Å². The Kier molecular flexibility index (Phi) is 7.98. The number of aliphatic imine (C=N–C) groups is 1. The maximum Gasteiger partial charge on any atom is 0.243 e. The van der Waals surface area contributed by atoms with Crippen LogP contribution in [0.3, 0.4) is 0 Å². The average Bonchev–Trinajstić information content (AvgIpc) is 2.53. The highest BCUT2D eigenvalue weighted by molar-refractivity contribution is 6.30. The molecule has 0 radical (unpaired) electrons. The smallest absolute Gasteiger partial charge is 0.243 e. The molecule has 1 amide bonds. The number of nitrogens with zero attached hydrogens (tertiary/aromatic N) is 3. The third-order valence-electron chi connectivity index (χ3n) is 3.62. The van der Waals surface area contributed by atoms with Gasteiger partial charge < -0.3 is 15.1 Å². The van der Waals surface area contributed by atoms with E-state index < -0.39 is 5.82 Å². The second kappa shape index (κ2) is 9.47. The lowest BCUT2D eigenvalue weighted by atomic mass is 10.2. The molecule has 0 aromatic heterocycles. The number of rotatable bonds is 6. The van der Waals surface area contributed by atoms with Crippen molar-refractivity contribution in [3.63, 3.8) is 0 Å². The quantitative estimate of drug-likeness (QED) is 0.629. The largest absolute Gasteiger partial charge is 0.354 e. The topological polar surface area (TPSA) is 47.9 Å². The van der Waals surface area contributed by atoms with Crippen LogP contribution < -0.4 is 5.32 Å². The highest BCUT2D eigenvalue weighted by Crippen LogP contribution is 2.16. The Labute approximate surface area is 148 Å². The first-order valence-electron chi connectivity index (χ1n) is 7.90. The molecule has 1 N–H and O–H groups in total. The zero-order valence-electron chi connectivity index (χ0n) is 14.9. The molecule has 0 aliphatic heterocycles. The standard InChI is InChI=1S/C17H26ClFN4O/c1-6-12(2)21-17(20-10-16(24)22(3)4)23(5)11-13-7-8-14(18)15(19)9-13/h7-9,12H,6,10-11H2,1-5H3,(H,20,21). The van der Waals surface area contributed by atoms with Gasteiger partial charge in [0.2, 0.25) is 5.91 Å². The first-order valence-corrected chi connectivity index (χ1v) is 8.28. The van der Waals surface area contributed by atoms with E-state index in [1.165, 1.54) is 17.0 Å². The molecule has 5 nitrogen and oxygen atoms in total. The van der Waals surface area contributed by atoms with Crippen LogP contribution in [0.2, 0.25) is 5.02 Å². The highest BCUT2D eigenvalue weighted by atomic mass is 35.5. The Balaban J connectivity index is 2.89. The van der Waals surface area contributed by atoms with Gasteiger partial charge in [0.15, 0.2) is 5.96 Å². The SMILES string of the molecule is CCC(C)NC(=NCC(=O)N(C)C)N(C)Cc1ccc(Cl)c(F)c1. The fraction of sp³-hybridized carbons (Fsp3) is 0.529. The number of nitrogens with one attached hydrogen (secondary N) is 1. The van der Waals surface area contributed by atoms with Crippen LogP contribution in [0.25, 0.3) is 0 Å². The molecule has 1 atom stereocenters. The number of halogens is 2. The van der Waals surface area contributed by atoms with Crippen molar-refractivity contribution in [2.24, 2.45) is 4.99 Å². The number of carbonyl (C=O) groups is 1. The molecule has 1 unspecified atom stereocenters. The molecule has 24 heavy (non-hydrogen) atoms. The number of benzene rings is 1. The van der Waals surface area contributed by atoms with Gasteiger partial charge in [-0.1, -0.05) is 24.6 Å². The molecule has 1 rings (SSSR count). The van der Waals surface area contributed by atoms with Gasteiger partial charge in [-0.05, 0) is 31.0 Å². The minimum absolute atomic E-state index is 0.0606. The van der Waals surface area contributed by atoms with Crippen LogP contribution in [0.15, 0.2) is 23.2 Å². The van der Waals surface area contributed by atoms with Gasteiger partial charge in [0.25, 0.3) is 0 Å². The van der Waals surface area contributed by atoms with Crippen LogP contribution in [-0.4, -0.2) is 55.4 Å². The van der Waals surface area contributed by atoms with Crippen molar-refractivity contribution in [2.45, 2.75) is 32.9 Å². The summed E-state index contributed by atoms with van der Waals surface area (Å²) in [5.41, 5.74) is 0.775.